The first-order valence-corrected chi connectivity index (χ1v) is 3.62. The van der Waals surface area contributed by atoms with Crippen LogP contribution in [0, 0.1) is 5.92 Å². The minimum atomic E-state index is -0.843. The van der Waals surface area contributed by atoms with E-state index in [4.69, 9.17) is 5.11 Å². The molecule has 58 valence electrons. The maximum atomic E-state index is 10.8. The molecule has 1 fully saturated rings. The second-order valence-corrected chi connectivity index (χ2v) is 2.61. The second kappa shape index (κ2) is 3.01. The standard InChI is InChI=1S/C7H12O3/c1-2-3-5-4-6(8)10-7(5)9/h5-6,8H,2-4H2,1H3. The predicted molar refractivity (Wildman–Crippen MR) is 35.1 cm³/mol. The van der Waals surface area contributed by atoms with Crippen molar-refractivity contribution >= 4 is 5.97 Å². The first-order valence-electron chi connectivity index (χ1n) is 3.62. The summed E-state index contributed by atoms with van der Waals surface area (Å²) >= 11 is 0. The molecule has 3 nitrogen and oxygen atoms in total. The molecular weight excluding hydrogens is 132 g/mol. The Hall–Kier alpha value is -0.570. The van der Waals surface area contributed by atoms with Crippen molar-refractivity contribution in [3.8, 4) is 0 Å². The van der Waals surface area contributed by atoms with Gasteiger partial charge in [-0.2, -0.15) is 0 Å². The predicted octanol–water partition coefficient (Wildman–Crippen LogP) is 0.668. The van der Waals surface area contributed by atoms with Crippen LogP contribution in [0.25, 0.3) is 0 Å². The van der Waals surface area contributed by atoms with E-state index in [-0.39, 0.29) is 11.9 Å². The van der Waals surface area contributed by atoms with Gasteiger partial charge in [0.1, 0.15) is 0 Å². The van der Waals surface area contributed by atoms with Crippen LogP contribution < -0.4 is 0 Å². The van der Waals surface area contributed by atoms with Gasteiger partial charge in [0.15, 0.2) is 0 Å². The summed E-state index contributed by atoms with van der Waals surface area (Å²) in [5, 5.41) is 8.85. The normalized spacial score (nSPS) is 32.4. The van der Waals surface area contributed by atoms with Crippen molar-refractivity contribution in [2.24, 2.45) is 5.92 Å². The monoisotopic (exact) mass is 144 g/mol. The molecule has 2 unspecified atom stereocenters. The summed E-state index contributed by atoms with van der Waals surface area (Å²) in [5.41, 5.74) is 0. The van der Waals surface area contributed by atoms with Crippen molar-refractivity contribution in [1.29, 1.82) is 0 Å². The minimum absolute atomic E-state index is 0.0556. The maximum Gasteiger partial charge on any atom is 0.311 e. The first kappa shape index (κ1) is 7.54. The molecule has 1 saturated heterocycles. The zero-order valence-corrected chi connectivity index (χ0v) is 6.04. The number of aliphatic hydroxyl groups is 1. The van der Waals surface area contributed by atoms with Crippen LogP contribution in [0.2, 0.25) is 0 Å². The van der Waals surface area contributed by atoms with E-state index < -0.39 is 6.29 Å². The van der Waals surface area contributed by atoms with Gasteiger partial charge in [-0.25, -0.2) is 0 Å². The Morgan fingerprint density at radius 2 is 2.50 bits per heavy atom. The van der Waals surface area contributed by atoms with Crippen LogP contribution >= 0.6 is 0 Å². The third kappa shape index (κ3) is 1.48. The van der Waals surface area contributed by atoms with Gasteiger partial charge in [-0.1, -0.05) is 13.3 Å². The van der Waals surface area contributed by atoms with Gasteiger partial charge in [0.25, 0.3) is 0 Å². The number of ether oxygens (including phenoxy) is 1. The van der Waals surface area contributed by atoms with Crippen molar-refractivity contribution in [2.75, 3.05) is 0 Å². The molecule has 0 saturated carbocycles. The summed E-state index contributed by atoms with van der Waals surface area (Å²) in [5.74, 6) is -0.297. The number of carbonyl (C=O) groups excluding carboxylic acids is 1. The summed E-state index contributed by atoms with van der Waals surface area (Å²) in [6.07, 6.45) is 1.43. The van der Waals surface area contributed by atoms with E-state index in [1.807, 2.05) is 6.92 Å². The lowest BCUT2D eigenvalue weighted by molar-refractivity contribution is -0.155. The van der Waals surface area contributed by atoms with Gasteiger partial charge in [0.2, 0.25) is 6.29 Å². The van der Waals surface area contributed by atoms with Crippen molar-refractivity contribution in [3.05, 3.63) is 0 Å². The van der Waals surface area contributed by atoms with Gasteiger partial charge < -0.3 is 9.84 Å². The van der Waals surface area contributed by atoms with E-state index in [0.29, 0.717) is 6.42 Å². The Bertz CT molecular complexity index is 133. The number of carbonyl (C=O) groups is 1. The van der Waals surface area contributed by atoms with Crippen molar-refractivity contribution in [2.45, 2.75) is 32.5 Å². The molecule has 0 aromatic heterocycles. The summed E-state index contributed by atoms with van der Waals surface area (Å²) in [4.78, 5) is 10.8. The highest BCUT2D eigenvalue weighted by Crippen LogP contribution is 2.23. The van der Waals surface area contributed by atoms with Gasteiger partial charge in [-0.3, -0.25) is 4.79 Å². The van der Waals surface area contributed by atoms with E-state index in [1.165, 1.54) is 0 Å². The number of cyclic esters (lactones) is 1. The fraction of sp³-hybridized carbons (Fsp3) is 0.857. The van der Waals surface area contributed by atoms with Crippen molar-refractivity contribution in [3.63, 3.8) is 0 Å². The Kier molecular flexibility index (Phi) is 2.27. The molecule has 1 aliphatic heterocycles. The van der Waals surface area contributed by atoms with Gasteiger partial charge in [0.05, 0.1) is 5.92 Å². The molecular formula is C7H12O3. The number of hydrogen-bond donors (Lipinski definition) is 1. The summed E-state index contributed by atoms with van der Waals surface area (Å²) in [6.45, 7) is 2.01. The molecule has 2 atom stereocenters. The highest BCUT2D eigenvalue weighted by Gasteiger charge is 2.31. The topological polar surface area (TPSA) is 46.5 Å². The van der Waals surface area contributed by atoms with Crippen LogP contribution in [-0.4, -0.2) is 17.4 Å². The third-order valence-corrected chi connectivity index (χ3v) is 1.71. The third-order valence-electron chi connectivity index (χ3n) is 1.71. The van der Waals surface area contributed by atoms with Crippen LogP contribution in [0.1, 0.15) is 26.2 Å². The van der Waals surface area contributed by atoms with E-state index >= 15 is 0 Å². The fourth-order valence-electron chi connectivity index (χ4n) is 1.20. The lowest BCUT2D eigenvalue weighted by Crippen LogP contribution is -2.06. The lowest BCUT2D eigenvalue weighted by atomic mass is 10.0. The summed E-state index contributed by atoms with van der Waals surface area (Å²) in [6, 6.07) is 0. The van der Waals surface area contributed by atoms with Gasteiger partial charge in [0, 0.05) is 6.42 Å². The fourth-order valence-corrected chi connectivity index (χ4v) is 1.20. The molecule has 10 heavy (non-hydrogen) atoms. The molecule has 1 N–H and O–H groups in total. The lowest BCUT2D eigenvalue weighted by Gasteiger charge is -1.98. The molecule has 0 spiro atoms. The number of esters is 1. The zero-order valence-electron chi connectivity index (χ0n) is 6.04. The molecule has 0 radical (unpaired) electrons. The molecule has 0 aliphatic carbocycles. The van der Waals surface area contributed by atoms with Crippen LogP contribution in [-0.2, 0) is 9.53 Å². The molecule has 1 heterocycles. The molecule has 0 amide bonds. The van der Waals surface area contributed by atoms with E-state index in [2.05, 4.69) is 4.74 Å². The SMILES string of the molecule is CCCC1CC(O)OC1=O. The van der Waals surface area contributed by atoms with E-state index in [0.717, 1.165) is 12.8 Å². The van der Waals surface area contributed by atoms with Crippen LogP contribution in [0.3, 0.4) is 0 Å². The van der Waals surface area contributed by atoms with Gasteiger partial charge in [-0.15, -0.1) is 0 Å². The first-order chi connectivity index (χ1) is 4.74. The quantitative estimate of drug-likeness (QED) is 0.579. The molecule has 3 heteroatoms. The van der Waals surface area contributed by atoms with E-state index in [1.54, 1.807) is 0 Å². The smallest absolute Gasteiger partial charge is 0.311 e. The van der Waals surface area contributed by atoms with Gasteiger partial charge in [-0.05, 0) is 6.42 Å². The minimum Gasteiger partial charge on any atom is -0.436 e. The van der Waals surface area contributed by atoms with Gasteiger partial charge >= 0.3 is 5.97 Å². The van der Waals surface area contributed by atoms with Crippen LogP contribution in [0.5, 0.6) is 0 Å². The van der Waals surface area contributed by atoms with Crippen molar-refractivity contribution < 1.29 is 14.6 Å². The average Bonchev–Trinajstić information content (AvgIpc) is 2.13. The molecule has 1 aliphatic rings. The summed E-state index contributed by atoms with van der Waals surface area (Å²) < 4.78 is 4.54. The Morgan fingerprint density at radius 3 is 2.90 bits per heavy atom. The second-order valence-electron chi connectivity index (χ2n) is 2.61. The Labute approximate surface area is 60.0 Å². The molecule has 0 aromatic rings. The number of rotatable bonds is 2. The van der Waals surface area contributed by atoms with Crippen LogP contribution in [0.15, 0.2) is 0 Å². The Morgan fingerprint density at radius 1 is 1.80 bits per heavy atom. The van der Waals surface area contributed by atoms with E-state index in [9.17, 15) is 4.79 Å². The van der Waals surface area contributed by atoms with Crippen LogP contribution in [0.4, 0.5) is 0 Å². The number of hydrogen-bond acceptors (Lipinski definition) is 3. The summed E-state index contributed by atoms with van der Waals surface area (Å²) in [7, 11) is 0. The molecule has 0 aromatic carbocycles. The maximum absolute atomic E-state index is 10.8. The highest BCUT2D eigenvalue weighted by atomic mass is 16.6. The number of aliphatic hydroxyl groups excluding tert-OH is 1. The highest BCUT2D eigenvalue weighted by molar-refractivity contribution is 5.74. The molecule has 1 rings (SSSR count). The largest absolute Gasteiger partial charge is 0.436 e. The average molecular weight is 144 g/mol. The molecule has 0 bridgehead atoms. The zero-order chi connectivity index (χ0) is 7.56. The Balaban J connectivity index is 2.39. The van der Waals surface area contributed by atoms with Crippen molar-refractivity contribution in [1.82, 2.24) is 0 Å².